The van der Waals surface area contributed by atoms with Crippen LogP contribution >= 0.6 is 11.6 Å². The first-order chi connectivity index (χ1) is 18.6. The standard InChI is InChI=1S/C30H28ClN5O2/c31-26-11-10-20(15-32-26)29-28-23(22-8-4-5-9-24(22)33-28)14-25-30(38)35(18-27(37)36(25)29)21-12-13-34(17-21)16-19-6-2-1-3-7-19/h1-11,15,21,25,29,33H,12-14,16-18H2/t21-,25+,29-/m0/s1. The predicted molar refractivity (Wildman–Crippen MR) is 146 cm³/mol. The molecule has 7 rings (SSSR count). The van der Waals surface area contributed by atoms with E-state index in [2.05, 4.69) is 45.2 Å². The molecule has 1 N–H and O–H groups in total. The van der Waals surface area contributed by atoms with Crippen molar-refractivity contribution in [3.05, 3.63) is 100 Å². The SMILES string of the molecule is O=C1[C@H]2Cc3c([nH]c4ccccc34)[C@H](c3ccc(Cl)nc3)N2C(=O)CN1[C@H]1CCN(Cc2ccccc2)C1. The zero-order valence-corrected chi connectivity index (χ0v) is 21.6. The molecule has 4 aromatic rings. The molecule has 0 spiro atoms. The molecule has 0 saturated carbocycles. The number of hydrogen-bond acceptors (Lipinski definition) is 4. The number of piperazine rings is 1. The molecule has 2 saturated heterocycles. The summed E-state index contributed by atoms with van der Waals surface area (Å²) in [5.74, 6) is 0.0133. The van der Waals surface area contributed by atoms with Crippen molar-refractivity contribution >= 4 is 34.3 Å². The maximum atomic E-state index is 14.1. The van der Waals surface area contributed by atoms with Gasteiger partial charge in [0, 0.05) is 54.9 Å². The fraction of sp³-hybridized carbons (Fsp3) is 0.300. The van der Waals surface area contributed by atoms with Crippen molar-refractivity contribution in [2.24, 2.45) is 0 Å². The van der Waals surface area contributed by atoms with E-state index in [0.717, 1.165) is 53.8 Å². The lowest BCUT2D eigenvalue weighted by atomic mass is 9.86. The summed E-state index contributed by atoms with van der Waals surface area (Å²) in [4.78, 5) is 41.8. The number of nitrogens with zero attached hydrogens (tertiary/aromatic N) is 4. The average molecular weight is 526 g/mol. The van der Waals surface area contributed by atoms with Crippen LogP contribution < -0.4 is 0 Å². The number of H-pyrrole nitrogens is 1. The van der Waals surface area contributed by atoms with Crippen molar-refractivity contribution in [3.8, 4) is 0 Å². The summed E-state index contributed by atoms with van der Waals surface area (Å²) < 4.78 is 0. The van der Waals surface area contributed by atoms with Gasteiger partial charge in [0.15, 0.2) is 0 Å². The highest BCUT2D eigenvalue weighted by atomic mass is 35.5. The zero-order valence-electron chi connectivity index (χ0n) is 20.9. The summed E-state index contributed by atoms with van der Waals surface area (Å²) >= 11 is 6.09. The predicted octanol–water partition coefficient (Wildman–Crippen LogP) is 4.18. The third-order valence-corrected chi connectivity index (χ3v) is 8.52. The largest absolute Gasteiger partial charge is 0.356 e. The highest BCUT2D eigenvalue weighted by Crippen LogP contribution is 2.43. The first-order valence-electron chi connectivity index (χ1n) is 13.2. The van der Waals surface area contributed by atoms with Crippen LogP contribution in [0.2, 0.25) is 5.15 Å². The molecule has 0 unspecified atom stereocenters. The molecule has 3 aliphatic heterocycles. The van der Waals surface area contributed by atoms with E-state index in [4.69, 9.17) is 11.6 Å². The molecular formula is C30H28ClN5O2. The third kappa shape index (κ3) is 3.89. The van der Waals surface area contributed by atoms with Crippen molar-refractivity contribution < 1.29 is 9.59 Å². The Morgan fingerprint density at radius 3 is 2.63 bits per heavy atom. The van der Waals surface area contributed by atoms with Crippen LogP contribution in [0.15, 0.2) is 72.9 Å². The van der Waals surface area contributed by atoms with Crippen molar-refractivity contribution in [1.29, 1.82) is 0 Å². The van der Waals surface area contributed by atoms with E-state index in [0.29, 0.717) is 11.6 Å². The lowest BCUT2D eigenvalue weighted by molar-refractivity contribution is -0.160. The number of aromatic amines is 1. The molecule has 3 atom stereocenters. The fourth-order valence-electron chi connectivity index (χ4n) is 6.54. The number of halogens is 1. The van der Waals surface area contributed by atoms with E-state index < -0.39 is 12.1 Å². The molecule has 0 bridgehead atoms. The van der Waals surface area contributed by atoms with E-state index in [1.807, 2.05) is 35.2 Å². The van der Waals surface area contributed by atoms with E-state index in [-0.39, 0.29) is 24.4 Å². The minimum Gasteiger partial charge on any atom is -0.356 e. The minimum atomic E-state index is -0.549. The normalized spacial score (nSPS) is 23.7. The van der Waals surface area contributed by atoms with Gasteiger partial charge >= 0.3 is 0 Å². The zero-order chi connectivity index (χ0) is 25.8. The van der Waals surface area contributed by atoms with Gasteiger partial charge in [0.2, 0.25) is 11.8 Å². The number of hydrogen-bond donors (Lipinski definition) is 1. The summed E-state index contributed by atoms with van der Waals surface area (Å²) in [5, 5.41) is 1.49. The van der Waals surface area contributed by atoms with Gasteiger partial charge in [-0.2, -0.15) is 0 Å². The highest BCUT2D eigenvalue weighted by Gasteiger charge is 2.50. The van der Waals surface area contributed by atoms with Crippen LogP contribution in [-0.2, 0) is 22.6 Å². The van der Waals surface area contributed by atoms with Gasteiger partial charge < -0.3 is 14.8 Å². The van der Waals surface area contributed by atoms with Gasteiger partial charge in [-0.3, -0.25) is 14.5 Å². The molecule has 38 heavy (non-hydrogen) atoms. The van der Waals surface area contributed by atoms with Crippen molar-refractivity contribution in [2.75, 3.05) is 19.6 Å². The third-order valence-electron chi connectivity index (χ3n) is 8.30. The monoisotopic (exact) mass is 525 g/mol. The van der Waals surface area contributed by atoms with Crippen LogP contribution in [0.25, 0.3) is 10.9 Å². The molecule has 192 valence electrons. The summed E-state index contributed by atoms with van der Waals surface area (Å²) in [6.07, 6.45) is 3.09. The Labute approximate surface area is 226 Å². The number of nitrogens with one attached hydrogen (secondary N) is 1. The first kappa shape index (κ1) is 23.4. The molecular weight excluding hydrogens is 498 g/mol. The molecule has 2 aromatic heterocycles. The number of carbonyl (C=O) groups is 2. The maximum Gasteiger partial charge on any atom is 0.246 e. The Hall–Kier alpha value is -3.68. The number of rotatable bonds is 4. The van der Waals surface area contributed by atoms with Crippen LogP contribution in [0.5, 0.6) is 0 Å². The number of benzene rings is 2. The molecule has 8 heteroatoms. The van der Waals surface area contributed by atoms with Crippen LogP contribution in [0.4, 0.5) is 0 Å². The van der Waals surface area contributed by atoms with E-state index in [9.17, 15) is 9.59 Å². The van der Waals surface area contributed by atoms with Crippen molar-refractivity contribution in [1.82, 2.24) is 24.7 Å². The van der Waals surface area contributed by atoms with Gasteiger partial charge in [-0.1, -0.05) is 66.2 Å². The number of fused-ring (bicyclic) bond motifs is 4. The summed E-state index contributed by atoms with van der Waals surface area (Å²) in [6.45, 7) is 2.65. The lowest BCUT2D eigenvalue weighted by Gasteiger charge is -2.48. The van der Waals surface area contributed by atoms with Crippen LogP contribution in [0, 0.1) is 0 Å². The average Bonchev–Trinajstić information content (AvgIpc) is 3.55. The van der Waals surface area contributed by atoms with Crippen LogP contribution in [-0.4, -0.2) is 68.2 Å². The summed E-state index contributed by atoms with van der Waals surface area (Å²) in [5.41, 5.74) is 5.17. The lowest BCUT2D eigenvalue weighted by Crippen LogP contribution is -2.65. The van der Waals surface area contributed by atoms with Crippen molar-refractivity contribution in [2.45, 2.75) is 37.5 Å². The molecule has 0 aliphatic carbocycles. The maximum absolute atomic E-state index is 14.1. The van der Waals surface area contributed by atoms with Gasteiger partial charge in [0.1, 0.15) is 17.7 Å². The summed E-state index contributed by atoms with van der Waals surface area (Å²) in [7, 11) is 0. The van der Waals surface area contributed by atoms with E-state index in [1.165, 1.54) is 5.56 Å². The topological polar surface area (TPSA) is 72.5 Å². The Kier molecular flexibility index (Phi) is 5.71. The Morgan fingerprint density at radius 2 is 1.82 bits per heavy atom. The quantitative estimate of drug-likeness (QED) is 0.406. The smallest absolute Gasteiger partial charge is 0.246 e. The number of carbonyl (C=O) groups excluding carboxylic acids is 2. The second-order valence-corrected chi connectivity index (χ2v) is 10.9. The first-order valence-corrected chi connectivity index (χ1v) is 13.5. The van der Waals surface area contributed by atoms with E-state index >= 15 is 0 Å². The van der Waals surface area contributed by atoms with E-state index in [1.54, 1.807) is 17.2 Å². The van der Waals surface area contributed by atoms with Crippen LogP contribution in [0.3, 0.4) is 0 Å². The molecule has 3 aliphatic rings. The number of likely N-dealkylation sites (tertiary alicyclic amines) is 1. The number of amides is 2. The van der Waals surface area contributed by atoms with Crippen LogP contribution in [0.1, 0.15) is 34.8 Å². The molecule has 2 aromatic carbocycles. The minimum absolute atomic E-state index is 0.0274. The second kappa shape index (κ2) is 9.26. The molecule has 0 radical (unpaired) electrons. The Morgan fingerprint density at radius 1 is 1.00 bits per heavy atom. The van der Waals surface area contributed by atoms with Gasteiger partial charge in [-0.25, -0.2) is 4.98 Å². The molecule has 7 nitrogen and oxygen atoms in total. The summed E-state index contributed by atoms with van der Waals surface area (Å²) in [6, 6.07) is 21.3. The number of para-hydroxylation sites is 1. The van der Waals surface area contributed by atoms with Gasteiger partial charge in [-0.05, 0) is 35.2 Å². The fourth-order valence-corrected chi connectivity index (χ4v) is 6.65. The number of pyridine rings is 1. The van der Waals surface area contributed by atoms with Crippen molar-refractivity contribution in [3.63, 3.8) is 0 Å². The van der Waals surface area contributed by atoms with Gasteiger partial charge in [0.05, 0.1) is 6.04 Å². The van der Waals surface area contributed by atoms with Gasteiger partial charge in [-0.15, -0.1) is 0 Å². The van der Waals surface area contributed by atoms with Gasteiger partial charge in [0.25, 0.3) is 0 Å². The highest BCUT2D eigenvalue weighted by molar-refractivity contribution is 6.29. The molecule has 5 heterocycles. The Balaban J connectivity index is 1.22. The number of aromatic nitrogens is 2. The molecule has 2 amide bonds. The second-order valence-electron chi connectivity index (χ2n) is 10.5. The molecule has 2 fully saturated rings. The Bertz CT molecular complexity index is 1520.